The Hall–Kier alpha value is -0.0800. The summed E-state index contributed by atoms with van der Waals surface area (Å²) in [6.45, 7) is 11.3. The SMILES string of the molecule is CC1CCC(CNC2CC2)(CN2CCC(C)CC2C)CC1. The van der Waals surface area contributed by atoms with Gasteiger partial charge in [-0.2, -0.15) is 0 Å². The fourth-order valence-corrected chi connectivity index (χ4v) is 4.54. The zero-order valence-electron chi connectivity index (χ0n) is 14.5. The average Bonchev–Trinajstić information content (AvgIpc) is 3.27. The number of piperidine rings is 1. The molecule has 3 rings (SSSR count). The third-order valence-electron chi connectivity index (χ3n) is 6.49. The van der Waals surface area contributed by atoms with E-state index < -0.39 is 0 Å². The number of nitrogens with one attached hydrogen (secondary N) is 1. The summed E-state index contributed by atoms with van der Waals surface area (Å²) in [5, 5.41) is 3.87. The summed E-state index contributed by atoms with van der Waals surface area (Å²) in [5.74, 6) is 1.89. The van der Waals surface area contributed by atoms with Crippen molar-refractivity contribution in [2.75, 3.05) is 19.6 Å². The van der Waals surface area contributed by atoms with Crippen molar-refractivity contribution in [1.29, 1.82) is 0 Å². The van der Waals surface area contributed by atoms with Gasteiger partial charge in [0.25, 0.3) is 0 Å². The standard InChI is InChI=1S/C19H36N2/c1-15-6-9-19(10-7-15,13-20-18-4-5-18)14-21-11-8-16(2)12-17(21)3/h15-18,20H,4-14H2,1-3H3. The molecular formula is C19H36N2. The molecule has 0 bridgehead atoms. The Balaban J connectivity index is 1.60. The normalized spacial score (nSPS) is 42.1. The van der Waals surface area contributed by atoms with E-state index >= 15 is 0 Å². The number of likely N-dealkylation sites (tertiary alicyclic amines) is 1. The molecule has 21 heavy (non-hydrogen) atoms. The molecule has 0 aromatic rings. The van der Waals surface area contributed by atoms with E-state index in [-0.39, 0.29) is 0 Å². The van der Waals surface area contributed by atoms with E-state index in [1.807, 2.05) is 0 Å². The highest BCUT2D eigenvalue weighted by Crippen LogP contribution is 2.41. The summed E-state index contributed by atoms with van der Waals surface area (Å²) in [6, 6.07) is 1.66. The molecule has 2 unspecified atom stereocenters. The van der Waals surface area contributed by atoms with Crippen molar-refractivity contribution in [3.63, 3.8) is 0 Å². The van der Waals surface area contributed by atoms with Crippen molar-refractivity contribution in [3.05, 3.63) is 0 Å². The van der Waals surface area contributed by atoms with Crippen LogP contribution in [0.25, 0.3) is 0 Å². The van der Waals surface area contributed by atoms with Gasteiger partial charge in [0.2, 0.25) is 0 Å². The highest BCUT2D eigenvalue weighted by atomic mass is 15.2. The van der Waals surface area contributed by atoms with Crippen LogP contribution in [0.4, 0.5) is 0 Å². The molecule has 3 fully saturated rings. The molecular weight excluding hydrogens is 256 g/mol. The van der Waals surface area contributed by atoms with E-state index in [2.05, 4.69) is 31.0 Å². The molecule has 2 aliphatic carbocycles. The molecule has 1 aliphatic heterocycles. The first-order valence-corrected chi connectivity index (χ1v) is 9.54. The first kappa shape index (κ1) is 15.8. The van der Waals surface area contributed by atoms with Gasteiger partial charge in [-0.3, -0.25) is 0 Å². The maximum Gasteiger partial charge on any atom is 0.00697 e. The topological polar surface area (TPSA) is 15.3 Å². The first-order valence-electron chi connectivity index (χ1n) is 9.54. The zero-order chi connectivity index (χ0) is 14.9. The monoisotopic (exact) mass is 292 g/mol. The Morgan fingerprint density at radius 2 is 1.67 bits per heavy atom. The summed E-state index contributed by atoms with van der Waals surface area (Å²) < 4.78 is 0. The molecule has 0 aromatic carbocycles. The van der Waals surface area contributed by atoms with Crippen LogP contribution in [-0.4, -0.2) is 36.6 Å². The van der Waals surface area contributed by atoms with Gasteiger partial charge in [-0.1, -0.05) is 26.7 Å². The lowest BCUT2D eigenvalue weighted by molar-refractivity contribution is 0.0399. The lowest BCUT2D eigenvalue weighted by Gasteiger charge is -2.46. The van der Waals surface area contributed by atoms with Gasteiger partial charge in [0.1, 0.15) is 0 Å². The van der Waals surface area contributed by atoms with E-state index in [0.29, 0.717) is 5.41 Å². The van der Waals surface area contributed by atoms with Gasteiger partial charge in [0, 0.05) is 25.2 Å². The van der Waals surface area contributed by atoms with Gasteiger partial charge in [-0.15, -0.1) is 0 Å². The van der Waals surface area contributed by atoms with Gasteiger partial charge in [-0.05, 0) is 69.2 Å². The third kappa shape index (κ3) is 4.22. The van der Waals surface area contributed by atoms with Gasteiger partial charge in [-0.25, -0.2) is 0 Å². The number of hydrogen-bond acceptors (Lipinski definition) is 2. The Kier molecular flexibility index (Phi) is 4.95. The van der Waals surface area contributed by atoms with Crippen molar-refractivity contribution < 1.29 is 0 Å². The van der Waals surface area contributed by atoms with Crippen molar-refractivity contribution >= 4 is 0 Å². The molecule has 2 heteroatoms. The van der Waals surface area contributed by atoms with Crippen LogP contribution in [0.15, 0.2) is 0 Å². The summed E-state index contributed by atoms with van der Waals surface area (Å²) in [6.07, 6.45) is 11.5. The van der Waals surface area contributed by atoms with E-state index in [0.717, 1.165) is 23.9 Å². The summed E-state index contributed by atoms with van der Waals surface area (Å²) >= 11 is 0. The summed E-state index contributed by atoms with van der Waals surface area (Å²) in [5.41, 5.74) is 0.573. The second-order valence-corrected chi connectivity index (χ2v) is 8.79. The number of rotatable bonds is 5. The molecule has 0 amide bonds. The minimum atomic E-state index is 0.573. The van der Waals surface area contributed by atoms with Crippen molar-refractivity contribution in [3.8, 4) is 0 Å². The van der Waals surface area contributed by atoms with Crippen LogP contribution >= 0.6 is 0 Å². The van der Waals surface area contributed by atoms with Crippen LogP contribution in [0.1, 0.15) is 72.1 Å². The second-order valence-electron chi connectivity index (χ2n) is 8.79. The van der Waals surface area contributed by atoms with Gasteiger partial charge in [0.05, 0.1) is 0 Å². The van der Waals surface area contributed by atoms with E-state index in [1.165, 1.54) is 71.0 Å². The first-order chi connectivity index (χ1) is 10.1. The predicted octanol–water partition coefficient (Wildman–Crippen LogP) is 4.06. The Bertz CT molecular complexity index is 328. The molecule has 1 saturated heterocycles. The quantitative estimate of drug-likeness (QED) is 0.822. The lowest BCUT2D eigenvalue weighted by Crippen LogP contribution is -2.51. The smallest absolute Gasteiger partial charge is 0.00697 e. The van der Waals surface area contributed by atoms with Crippen molar-refractivity contribution in [2.24, 2.45) is 17.3 Å². The highest BCUT2D eigenvalue weighted by Gasteiger charge is 2.38. The molecule has 122 valence electrons. The van der Waals surface area contributed by atoms with Crippen molar-refractivity contribution in [1.82, 2.24) is 10.2 Å². The highest BCUT2D eigenvalue weighted by molar-refractivity contribution is 4.94. The van der Waals surface area contributed by atoms with E-state index in [1.54, 1.807) is 0 Å². The van der Waals surface area contributed by atoms with Crippen LogP contribution in [0.3, 0.4) is 0 Å². The molecule has 0 aromatic heterocycles. The van der Waals surface area contributed by atoms with Crippen LogP contribution in [0.2, 0.25) is 0 Å². The predicted molar refractivity (Wildman–Crippen MR) is 90.5 cm³/mol. The molecule has 2 nitrogen and oxygen atoms in total. The number of nitrogens with zero attached hydrogens (tertiary/aromatic N) is 1. The average molecular weight is 293 g/mol. The molecule has 3 aliphatic rings. The van der Waals surface area contributed by atoms with Crippen LogP contribution in [0, 0.1) is 17.3 Å². The van der Waals surface area contributed by atoms with E-state index in [4.69, 9.17) is 0 Å². The largest absolute Gasteiger partial charge is 0.313 e. The molecule has 1 heterocycles. The third-order valence-corrected chi connectivity index (χ3v) is 6.49. The van der Waals surface area contributed by atoms with Crippen LogP contribution in [-0.2, 0) is 0 Å². The minimum absolute atomic E-state index is 0.573. The molecule has 0 radical (unpaired) electrons. The Labute approximate surface area is 132 Å². The minimum Gasteiger partial charge on any atom is -0.313 e. The second kappa shape index (κ2) is 6.58. The Morgan fingerprint density at radius 3 is 2.29 bits per heavy atom. The van der Waals surface area contributed by atoms with Gasteiger partial charge in [0.15, 0.2) is 0 Å². The zero-order valence-corrected chi connectivity index (χ0v) is 14.5. The van der Waals surface area contributed by atoms with Gasteiger partial charge < -0.3 is 10.2 Å². The lowest BCUT2D eigenvalue weighted by atomic mass is 9.70. The van der Waals surface area contributed by atoms with Crippen LogP contribution < -0.4 is 5.32 Å². The van der Waals surface area contributed by atoms with E-state index in [9.17, 15) is 0 Å². The summed E-state index contributed by atoms with van der Waals surface area (Å²) in [4.78, 5) is 2.82. The van der Waals surface area contributed by atoms with Gasteiger partial charge >= 0.3 is 0 Å². The van der Waals surface area contributed by atoms with Crippen molar-refractivity contribution in [2.45, 2.75) is 84.2 Å². The number of hydrogen-bond donors (Lipinski definition) is 1. The molecule has 1 N–H and O–H groups in total. The molecule has 2 saturated carbocycles. The van der Waals surface area contributed by atoms with Crippen LogP contribution in [0.5, 0.6) is 0 Å². The fraction of sp³-hybridized carbons (Fsp3) is 1.00. The Morgan fingerprint density at radius 1 is 0.952 bits per heavy atom. The molecule has 2 atom stereocenters. The fourth-order valence-electron chi connectivity index (χ4n) is 4.54. The maximum atomic E-state index is 3.87. The summed E-state index contributed by atoms with van der Waals surface area (Å²) in [7, 11) is 0. The molecule has 0 spiro atoms. The maximum absolute atomic E-state index is 3.87.